The number of halogens is 1. The van der Waals surface area contributed by atoms with Crippen molar-refractivity contribution in [3.05, 3.63) is 35.9 Å². The third-order valence-corrected chi connectivity index (χ3v) is 4.00. The maximum Gasteiger partial charge on any atom is 0.408 e. The van der Waals surface area contributed by atoms with E-state index >= 15 is 0 Å². The second-order valence-corrected chi connectivity index (χ2v) is 6.80. The summed E-state index contributed by atoms with van der Waals surface area (Å²) in [5.41, 5.74) is 0.405. The fourth-order valence-corrected chi connectivity index (χ4v) is 3.04. The minimum absolute atomic E-state index is 0.246. The summed E-state index contributed by atoms with van der Waals surface area (Å²) in [6, 6.07) is 9.06. The standard InChI is InChI=1S/C17H24FNO3/c1-17(2,3)19(16(20)21)15-10-13(9-14(15)18)22-11-12-7-5-4-6-8-12/h4-8,13-15H,9-11H2,1-3H3,(H,20,21). The van der Waals surface area contributed by atoms with E-state index in [4.69, 9.17) is 4.74 Å². The Hall–Kier alpha value is -1.62. The van der Waals surface area contributed by atoms with Gasteiger partial charge in [-0.1, -0.05) is 30.3 Å². The molecule has 1 N–H and O–H groups in total. The summed E-state index contributed by atoms with van der Waals surface area (Å²) in [4.78, 5) is 12.7. The molecule has 1 fully saturated rings. The van der Waals surface area contributed by atoms with Crippen molar-refractivity contribution in [3.8, 4) is 0 Å². The zero-order valence-corrected chi connectivity index (χ0v) is 13.3. The Balaban J connectivity index is 1.98. The van der Waals surface area contributed by atoms with Crippen molar-refractivity contribution in [3.63, 3.8) is 0 Å². The van der Waals surface area contributed by atoms with Gasteiger partial charge >= 0.3 is 6.09 Å². The van der Waals surface area contributed by atoms with Crippen LogP contribution in [0.3, 0.4) is 0 Å². The lowest BCUT2D eigenvalue weighted by Crippen LogP contribution is -2.53. The van der Waals surface area contributed by atoms with E-state index in [1.54, 1.807) is 20.8 Å². The highest BCUT2D eigenvalue weighted by Gasteiger charge is 2.44. The normalized spacial score (nSPS) is 25.2. The van der Waals surface area contributed by atoms with Gasteiger partial charge in [0.1, 0.15) is 6.17 Å². The van der Waals surface area contributed by atoms with Crippen LogP contribution in [0.5, 0.6) is 0 Å². The first-order valence-electron chi connectivity index (χ1n) is 7.61. The Labute approximate surface area is 130 Å². The molecule has 2 rings (SSSR count). The van der Waals surface area contributed by atoms with Crippen molar-refractivity contribution < 1.29 is 19.0 Å². The van der Waals surface area contributed by atoms with Gasteiger partial charge in [-0.3, -0.25) is 4.90 Å². The van der Waals surface area contributed by atoms with Crippen LogP contribution in [0.2, 0.25) is 0 Å². The molecule has 1 aromatic rings. The van der Waals surface area contributed by atoms with Crippen molar-refractivity contribution >= 4 is 6.09 Å². The molecular weight excluding hydrogens is 285 g/mol. The highest BCUT2D eigenvalue weighted by molar-refractivity contribution is 5.66. The summed E-state index contributed by atoms with van der Waals surface area (Å²) in [5, 5.41) is 9.40. The Morgan fingerprint density at radius 3 is 2.50 bits per heavy atom. The number of benzene rings is 1. The summed E-state index contributed by atoms with van der Waals surface area (Å²) in [7, 11) is 0. The van der Waals surface area contributed by atoms with E-state index in [1.165, 1.54) is 4.90 Å². The molecule has 0 aliphatic heterocycles. The second-order valence-electron chi connectivity index (χ2n) is 6.80. The minimum atomic E-state index is -1.18. The van der Waals surface area contributed by atoms with Gasteiger partial charge in [-0.2, -0.15) is 0 Å². The zero-order valence-electron chi connectivity index (χ0n) is 13.3. The van der Waals surface area contributed by atoms with Crippen LogP contribution in [-0.4, -0.2) is 40.0 Å². The van der Waals surface area contributed by atoms with Gasteiger partial charge in [-0.25, -0.2) is 9.18 Å². The average Bonchev–Trinajstić information content (AvgIpc) is 2.77. The molecule has 5 heteroatoms. The topological polar surface area (TPSA) is 49.8 Å². The Bertz CT molecular complexity index is 500. The summed E-state index contributed by atoms with van der Waals surface area (Å²) in [5.74, 6) is 0. The van der Waals surface area contributed by atoms with Gasteiger partial charge < -0.3 is 9.84 Å². The first-order chi connectivity index (χ1) is 10.3. The highest BCUT2D eigenvalue weighted by Crippen LogP contribution is 2.33. The second kappa shape index (κ2) is 6.65. The number of carboxylic acid groups (broad SMARTS) is 1. The number of amides is 1. The van der Waals surface area contributed by atoms with E-state index in [9.17, 15) is 14.3 Å². The van der Waals surface area contributed by atoms with E-state index in [2.05, 4.69) is 0 Å². The SMILES string of the molecule is CC(C)(C)N(C(=O)O)C1CC(OCc2ccccc2)CC1F. The monoisotopic (exact) mass is 309 g/mol. The molecule has 1 aliphatic carbocycles. The molecule has 3 atom stereocenters. The molecule has 0 bridgehead atoms. The molecule has 1 amide bonds. The first-order valence-corrected chi connectivity index (χ1v) is 7.61. The molecule has 1 saturated carbocycles. The van der Waals surface area contributed by atoms with Gasteiger partial charge in [-0.15, -0.1) is 0 Å². The summed E-state index contributed by atoms with van der Waals surface area (Å²) in [6.45, 7) is 5.78. The summed E-state index contributed by atoms with van der Waals surface area (Å²) < 4.78 is 20.1. The number of nitrogens with zero attached hydrogens (tertiary/aromatic N) is 1. The number of carbonyl (C=O) groups is 1. The van der Waals surface area contributed by atoms with Crippen LogP contribution in [0.4, 0.5) is 9.18 Å². The van der Waals surface area contributed by atoms with Crippen molar-refractivity contribution in [1.29, 1.82) is 0 Å². The number of hydrogen-bond donors (Lipinski definition) is 1. The van der Waals surface area contributed by atoms with Gasteiger partial charge in [0, 0.05) is 12.0 Å². The van der Waals surface area contributed by atoms with Crippen molar-refractivity contribution in [2.75, 3.05) is 0 Å². The fourth-order valence-electron chi connectivity index (χ4n) is 3.04. The molecule has 1 aliphatic rings. The summed E-state index contributed by atoms with van der Waals surface area (Å²) in [6.07, 6.45) is -1.86. The molecule has 122 valence electrons. The Morgan fingerprint density at radius 2 is 1.95 bits per heavy atom. The maximum atomic E-state index is 14.3. The lowest BCUT2D eigenvalue weighted by atomic mass is 10.0. The smallest absolute Gasteiger partial charge is 0.408 e. The number of hydrogen-bond acceptors (Lipinski definition) is 2. The van der Waals surface area contributed by atoms with Crippen LogP contribution >= 0.6 is 0 Å². The van der Waals surface area contributed by atoms with Crippen LogP contribution in [-0.2, 0) is 11.3 Å². The van der Waals surface area contributed by atoms with Crippen molar-refractivity contribution in [2.24, 2.45) is 0 Å². The molecule has 0 radical (unpaired) electrons. The first kappa shape index (κ1) is 16.7. The maximum absolute atomic E-state index is 14.3. The van der Waals surface area contributed by atoms with Crippen molar-refractivity contribution in [2.45, 2.75) is 64.1 Å². The predicted molar refractivity (Wildman–Crippen MR) is 82.6 cm³/mol. The van der Waals surface area contributed by atoms with E-state index < -0.39 is 23.8 Å². The molecule has 4 nitrogen and oxygen atoms in total. The number of ether oxygens (including phenoxy) is 1. The zero-order chi connectivity index (χ0) is 16.3. The van der Waals surface area contributed by atoms with Gasteiger partial charge in [0.05, 0.1) is 18.8 Å². The largest absolute Gasteiger partial charge is 0.465 e. The predicted octanol–water partition coefficient (Wildman–Crippen LogP) is 3.85. The van der Waals surface area contributed by atoms with E-state index in [0.717, 1.165) is 5.56 Å². The fraction of sp³-hybridized carbons (Fsp3) is 0.588. The third-order valence-electron chi connectivity index (χ3n) is 4.00. The molecular formula is C17H24FNO3. The molecule has 3 unspecified atom stereocenters. The van der Waals surface area contributed by atoms with E-state index in [1.807, 2.05) is 30.3 Å². The van der Waals surface area contributed by atoms with Gasteiger partial charge in [0.15, 0.2) is 0 Å². The van der Waals surface area contributed by atoms with Gasteiger partial charge in [0.25, 0.3) is 0 Å². The highest BCUT2D eigenvalue weighted by atomic mass is 19.1. The summed E-state index contributed by atoms with van der Waals surface area (Å²) >= 11 is 0. The lowest BCUT2D eigenvalue weighted by molar-refractivity contribution is 0.0299. The molecule has 22 heavy (non-hydrogen) atoms. The Kier molecular flexibility index (Phi) is 5.06. The van der Waals surface area contributed by atoms with Gasteiger partial charge in [-0.05, 0) is 32.8 Å². The van der Waals surface area contributed by atoms with Crippen molar-refractivity contribution in [1.82, 2.24) is 4.90 Å². The van der Waals surface area contributed by atoms with Gasteiger partial charge in [0.2, 0.25) is 0 Å². The van der Waals surface area contributed by atoms with E-state index in [-0.39, 0.29) is 12.5 Å². The van der Waals surface area contributed by atoms with Crippen LogP contribution < -0.4 is 0 Å². The van der Waals surface area contributed by atoms with Crippen LogP contribution in [0, 0.1) is 0 Å². The minimum Gasteiger partial charge on any atom is -0.465 e. The molecule has 0 saturated heterocycles. The quantitative estimate of drug-likeness (QED) is 0.919. The van der Waals surface area contributed by atoms with Crippen LogP contribution in [0.1, 0.15) is 39.2 Å². The Morgan fingerprint density at radius 1 is 1.32 bits per heavy atom. The van der Waals surface area contributed by atoms with Crippen LogP contribution in [0.25, 0.3) is 0 Å². The van der Waals surface area contributed by atoms with Crippen LogP contribution in [0.15, 0.2) is 30.3 Å². The molecule has 0 heterocycles. The van der Waals surface area contributed by atoms with E-state index in [0.29, 0.717) is 13.0 Å². The number of alkyl halides is 1. The number of rotatable bonds is 4. The third kappa shape index (κ3) is 3.97. The average molecular weight is 309 g/mol. The molecule has 0 aromatic heterocycles. The lowest BCUT2D eigenvalue weighted by Gasteiger charge is -2.38. The molecule has 0 spiro atoms. The molecule has 1 aromatic carbocycles.